The Hall–Kier alpha value is -3.18. The molecule has 0 radical (unpaired) electrons. The molecule has 0 spiro atoms. The minimum atomic E-state index is -0.178. The van der Waals surface area contributed by atoms with E-state index >= 15 is 0 Å². The van der Waals surface area contributed by atoms with Crippen molar-refractivity contribution in [2.24, 2.45) is 12.0 Å². The Morgan fingerprint density at radius 2 is 1.82 bits per heavy atom. The van der Waals surface area contributed by atoms with Gasteiger partial charge in [-0.25, -0.2) is 14.7 Å². The highest BCUT2D eigenvalue weighted by atomic mass is 35.5. The van der Waals surface area contributed by atoms with Gasteiger partial charge in [0, 0.05) is 24.2 Å². The number of benzene rings is 2. The molecule has 0 fully saturated rings. The highest BCUT2D eigenvalue weighted by Gasteiger charge is 2.15. The molecule has 4 rings (SSSR count). The number of rotatable bonds is 3. The Morgan fingerprint density at radius 1 is 1.07 bits per heavy atom. The number of para-hydroxylation sites is 1. The van der Waals surface area contributed by atoms with Crippen molar-refractivity contribution in [3.05, 3.63) is 86.9 Å². The fourth-order valence-electron chi connectivity index (χ4n) is 3.20. The maximum absolute atomic E-state index is 12.9. The van der Waals surface area contributed by atoms with Gasteiger partial charge in [-0.3, -0.25) is 9.48 Å². The lowest BCUT2D eigenvalue weighted by Gasteiger charge is -2.07. The monoisotopic (exact) mass is 390 g/mol. The number of fused-ring (bicyclic) bond motifs is 1. The van der Waals surface area contributed by atoms with E-state index < -0.39 is 0 Å². The molecule has 0 N–H and O–H groups in total. The van der Waals surface area contributed by atoms with Gasteiger partial charge in [-0.2, -0.15) is 0 Å². The lowest BCUT2D eigenvalue weighted by molar-refractivity contribution is 0.630. The molecule has 0 aliphatic rings. The van der Waals surface area contributed by atoms with Gasteiger partial charge in [-0.1, -0.05) is 41.9 Å². The summed E-state index contributed by atoms with van der Waals surface area (Å²) >= 11 is 6.34. The minimum Gasteiger partial charge on any atom is -0.283 e. The van der Waals surface area contributed by atoms with Crippen molar-refractivity contribution < 1.29 is 0 Å². The Balaban J connectivity index is 1.79. The molecule has 2 aromatic carbocycles. The molecular formula is C22H19ClN4O. The van der Waals surface area contributed by atoms with Crippen molar-refractivity contribution in [3.63, 3.8) is 0 Å². The molecule has 0 saturated carbocycles. The van der Waals surface area contributed by atoms with Crippen LogP contribution in [0, 0.1) is 13.8 Å². The predicted molar refractivity (Wildman–Crippen MR) is 114 cm³/mol. The van der Waals surface area contributed by atoms with Crippen LogP contribution in [0.4, 0.5) is 5.69 Å². The molecule has 0 bridgehead atoms. The largest absolute Gasteiger partial charge is 0.297 e. The zero-order chi connectivity index (χ0) is 19.8. The predicted octanol–water partition coefficient (Wildman–Crippen LogP) is 4.75. The van der Waals surface area contributed by atoms with Crippen LogP contribution in [0.5, 0.6) is 0 Å². The third-order valence-corrected chi connectivity index (χ3v) is 5.11. The summed E-state index contributed by atoms with van der Waals surface area (Å²) in [4.78, 5) is 21.9. The van der Waals surface area contributed by atoms with Gasteiger partial charge in [0.1, 0.15) is 5.15 Å². The number of hydrogen-bond donors (Lipinski definition) is 0. The maximum Gasteiger partial charge on any atom is 0.297 e. The number of halogens is 1. The Kier molecular flexibility index (Phi) is 4.61. The van der Waals surface area contributed by atoms with Gasteiger partial charge in [0.05, 0.1) is 16.9 Å². The second-order valence-corrected chi connectivity index (χ2v) is 7.09. The number of aryl methyl sites for hydroxylation is 1. The van der Waals surface area contributed by atoms with Gasteiger partial charge in [-0.05, 0) is 43.7 Å². The topological polar surface area (TPSA) is 52.2 Å². The number of nitrogens with zero attached hydrogens (tertiary/aromatic N) is 4. The summed E-state index contributed by atoms with van der Waals surface area (Å²) in [7, 11) is 1.84. The maximum atomic E-state index is 12.9. The first-order chi connectivity index (χ1) is 13.5. The summed E-state index contributed by atoms with van der Waals surface area (Å²) in [6, 6.07) is 17.4. The van der Waals surface area contributed by atoms with Crippen LogP contribution in [-0.4, -0.2) is 20.6 Å². The van der Waals surface area contributed by atoms with Gasteiger partial charge in [0.2, 0.25) is 0 Å². The van der Waals surface area contributed by atoms with Gasteiger partial charge < -0.3 is 0 Å². The average Bonchev–Trinajstić information content (AvgIpc) is 2.89. The van der Waals surface area contributed by atoms with Gasteiger partial charge in [0.15, 0.2) is 5.69 Å². The van der Waals surface area contributed by atoms with Gasteiger partial charge >= 0.3 is 0 Å². The number of pyridine rings is 1. The molecule has 140 valence electrons. The molecule has 0 saturated heterocycles. The van der Waals surface area contributed by atoms with E-state index in [1.807, 2.05) is 75.5 Å². The molecule has 0 atom stereocenters. The van der Waals surface area contributed by atoms with Crippen molar-refractivity contribution in [3.8, 4) is 5.69 Å². The number of aliphatic imine (C=N–C) groups is 1. The molecule has 0 aliphatic heterocycles. The van der Waals surface area contributed by atoms with E-state index in [0.29, 0.717) is 16.4 Å². The van der Waals surface area contributed by atoms with E-state index in [1.54, 1.807) is 15.6 Å². The minimum absolute atomic E-state index is 0.178. The normalized spacial score (nSPS) is 11.6. The summed E-state index contributed by atoms with van der Waals surface area (Å²) in [5.74, 6) is 0. The van der Waals surface area contributed by atoms with Crippen LogP contribution in [0.25, 0.3) is 16.6 Å². The molecule has 2 aromatic heterocycles. The van der Waals surface area contributed by atoms with E-state index in [0.717, 1.165) is 27.8 Å². The molecule has 2 heterocycles. The lowest BCUT2D eigenvalue weighted by Crippen LogP contribution is -2.19. The van der Waals surface area contributed by atoms with Crippen LogP contribution in [0.15, 0.2) is 64.4 Å². The smallest absolute Gasteiger partial charge is 0.283 e. The van der Waals surface area contributed by atoms with Gasteiger partial charge in [0.25, 0.3) is 5.56 Å². The molecular weight excluding hydrogens is 372 g/mol. The standard InChI is InChI=1S/C22H19ClN4O/c1-14-9-10-16-12-17(21(23)25-19(16)11-14)13-24-20-15(2)26(3)27(22(20)28)18-7-5-4-6-8-18/h4-13H,1-3H3. The van der Waals surface area contributed by atoms with Crippen molar-refractivity contribution in [1.29, 1.82) is 0 Å². The highest BCUT2D eigenvalue weighted by Crippen LogP contribution is 2.22. The third kappa shape index (κ3) is 3.14. The number of aromatic nitrogens is 3. The summed E-state index contributed by atoms with van der Waals surface area (Å²) < 4.78 is 3.40. The van der Waals surface area contributed by atoms with Crippen LogP contribution in [0.3, 0.4) is 0 Å². The van der Waals surface area contributed by atoms with Crippen molar-refractivity contribution in [1.82, 2.24) is 14.3 Å². The Bertz CT molecular complexity index is 1270. The zero-order valence-corrected chi connectivity index (χ0v) is 16.6. The lowest BCUT2D eigenvalue weighted by atomic mass is 10.1. The van der Waals surface area contributed by atoms with Crippen LogP contribution in [0.2, 0.25) is 5.15 Å². The second-order valence-electron chi connectivity index (χ2n) is 6.73. The molecule has 4 aromatic rings. The van der Waals surface area contributed by atoms with Crippen LogP contribution in [0.1, 0.15) is 16.8 Å². The third-order valence-electron chi connectivity index (χ3n) is 4.81. The van der Waals surface area contributed by atoms with Crippen molar-refractivity contribution in [2.45, 2.75) is 13.8 Å². The van der Waals surface area contributed by atoms with Gasteiger partial charge in [-0.15, -0.1) is 0 Å². The SMILES string of the molecule is Cc1ccc2cc(C=Nc3c(C)n(C)n(-c4ccccc4)c3=O)c(Cl)nc2c1. The number of hydrogen-bond acceptors (Lipinski definition) is 3. The molecule has 0 unspecified atom stereocenters. The summed E-state index contributed by atoms with van der Waals surface area (Å²) in [6.07, 6.45) is 1.60. The first-order valence-electron chi connectivity index (χ1n) is 8.90. The molecule has 5 nitrogen and oxygen atoms in total. The first-order valence-corrected chi connectivity index (χ1v) is 9.28. The van der Waals surface area contributed by atoms with E-state index in [4.69, 9.17) is 11.6 Å². The van der Waals surface area contributed by atoms with Crippen LogP contribution >= 0.6 is 11.6 Å². The summed E-state index contributed by atoms with van der Waals surface area (Å²) in [5.41, 5.74) is 4.40. The quantitative estimate of drug-likeness (QED) is 0.374. The zero-order valence-electron chi connectivity index (χ0n) is 15.8. The summed E-state index contributed by atoms with van der Waals surface area (Å²) in [6.45, 7) is 3.89. The first kappa shape index (κ1) is 18.2. The van der Waals surface area contributed by atoms with Crippen molar-refractivity contribution >= 4 is 34.4 Å². The van der Waals surface area contributed by atoms with E-state index in [1.165, 1.54) is 0 Å². The Labute approximate surface area is 167 Å². The fraction of sp³-hybridized carbons (Fsp3) is 0.136. The molecule has 0 aliphatic carbocycles. The molecule has 6 heteroatoms. The van der Waals surface area contributed by atoms with E-state index in [9.17, 15) is 4.79 Å². The Morgan fingerprint density at radius 3 is 2.57 bits per heavy atom. The van der Waals surface area contributed by atoms with Crippen molar-refractivity contribution in [2.75, 3.05) is 0 Å². The average molecular weight is 391 g/mol. The molecule has 0 amide bonds. The van der Waals surface area contributed by atoms with Crippen LogP contribution < -0.4 is 5.56 Å². The molecule has 28 heavy (non-hydrogen) atoms. The van der Waals surface area contributed by atoms with E-state index in [2.05, 4.69) is 9.98 Å². The second kappa shape index (κ2) is 7.09. The van der Waals surface area contributed by atoms with E-state index in [-0.39, 0.29) is 5.56 Å². The summed E-state index contributed by atoms with van der Waals surface area (Å²) in [5, 5.41) is 1.33. The van der Waals surface area contributed by atoms with Crippen LogP contribution in [-0.2, 0) is 7.05 Å². The highest BCUT2D eigenvalue weighted by molar-refractivity contribution is 6.32. The fourth-order valence-corrected chi connectivity index (χ4v) is 3.39.